The van der Waals surface area contributed by atoms with Crippen molar-refractivity contribution in [1.29, 1.82) is 0 Å². The Kier molecular flexibility index (Phi) is 4.19. The summed E-state index contributed by atoms with van der Waals surface area (Å²) in [4.78, 5) is 15.9. The van der Waals surface area contributed by atoms with E-state index in [2.05, 4.69) is 10.3 Å². The number of hydrogen-bond acceptors (Lipinski definition) is 3. The Labute approximate surface area is 111 Å². The first-order chi connectivity index (χ1) is 8.60. The molecule has 1 aliphatic carbocycles. The third kappa shape index (κ3) is 3.00. The molecule has 1 atom stereocenters. The Balaban J connectivity index is 1.97. The van der Waals surface area contributed by atoms with E-state index >= 15 is 0 Å². The molecule has 1 heterocycles. The third-order valence-electron chi connectivity index (χ3n) is 3.44. The molecule has 0 radical (unpaired) electrons. The predicted molar refractivity (Wildman–Crippen MR) is 69.5 cm³/mol. The number of carbonyl (C=O) groups is 1. The Hall–Kier alpha value is -1.13. The van der Waals surface area contributed by atoms with Gasteiger partial charge in [0.05, 0.1) is 16.7 Å². The number of pyridine rings is 1. The smallest absolute Gasteiger partial charge is 0.253 e. The number of aliphatic hydroxyl groups is 1. The van der Waals surface area contributed by atoms with E-state index in [9.17, 15) is 9.90 Å². The highest BCUT2D eigenvalue weighted by atomic mass is 35.5. The minimum atomic E-state index is -0.200. The minimum Gasteiger partial charge on any atom is -0.393 e. The molecule has 0 aliphatic heterocycles. The van der Waals surface area contributed by atoms with Gasteiger partial charge in [-0.3, -0.25) is 9.78 Å². The lowest BCUT2D eigenvalue weighted by atomic mass is 9.76. The molecule has 1 fully saturated rings. The quantitative estimate of drug-likeness (QED) is 0.878. The number of halogens is 1. The molecule has 1 aromatic rings. The van der Waals surface area contributed by atoms with E-state index in [0.29, 0.717) is 16.5 Å². The van der Waals surface area contributed by atoms with Crippen molar-refractivity contribution < 1.29 is 9.90 Å². The van der Waals surface area contributed by atoms with Crippen LogP contribution in [0.5, 0.6) is 0 Å². The van der Waals surface area contributed by atoms with Gasteiger partial charge in [0.25, 0.3) is 5.91 Å². The van der Waals surface area contributed by atoms with E-state index in [0.717, 1.165) is 19.3 Å². The molecular formula is C13H17ClN2O2. The first-order valence-corrected chi connectivity index (χ1v) is 6.57. The van der Waals surface area contributed by atoms with E-state index < -0.39 is 0 Å². The second-order valence-electron chi connectivity index (χ2n) is 4.77. The molecular weight excluding hydrogens is 252 g/mol. The van der Waals surface area contributed by atoms with Crippen LogP contribution >= 0.6 is 11.6 Å². The summed E-state index contributed by atoms with van der Waals surface area (Å²) in [5.74, 6) is 0.222. The highest BCUT2D eigenvalue weighted by molar-refractivity contribution is 6.30. The summed E-state index contributed by atoms with van der Waals surface area (Å²) in [5.41, 5.74) is 0.473. The van der Waals surface area contributed by atoms with Gasteiger partial charge in [-0.15, -0.1) is 0 Å². The van der Waals surface area contributed by atoms with Crippen molar-refractivity contribution in [2.75, 3.05) is 0 Å². The minimum absolute atomic E-state index is 0.111. The Morgan fingerprint density at radius 1 is 1.61 bits per heavy atom. The zero-order valence-corrected chi connectivity index (χ0v) is 11.0. The summed E-state index contributed by atoms with van der Waals surface area (Å²) in [6.07, 6.45) is 5.20. The van der Waals surface area contributed by atoms with Crippen LogP contribution in [0.4, 0.5) is 0 Å². The Morgan fingerprint density at radius 3 is 2.89 bits per heavy atom. The first kappa shape index (κ1) is 13.3. The van der Waals surface area contributed by atoms with Gasteiger partial charge in [-0.1, -0.05) is 18.5 Å². The molecule has 98 valence electrons. The van der Waals surface area contributed by atoms with Crippen LogP contribution in [0, 0.1) is 5.92 Å². The first-order valence-electron chi connectivity index (χ1n) is 6.19. The molecule has 4 nitrogen and oxygen atoms in total. The summed E-state index contributed by atoms with van der Waals surface area (Å²) in [5, 5.41) is 12.7. The largest absolute Gasteiger partial charge is 0.393 e. The molecule has 1 amide bonds. The average Bonchev–Trinajstić information content (AvgIpc) is 2.32. The van der Waals surface area contributed by atoms with E-state index in [1.165, 1.54) is 12.4 Å². The molecule has 18 heavy (non-hydrogen) atoms. The van der Waals surface area contributed by atoms with E-state index in [4.69, 9.17) is 11.6 Å². The maximum absolute atomic E-state index is 12.0. The molecule has 1 unspecified atom stereocenters. The number of nitrogens with zero attached hydrogens (tertiary/aromatic N) is 1. The highest BCUT2D eigenvalue weighted by Crippen LogP contribution is 2.31. The van der Waals surface area contributed by atoms with Crippen molar-refractivity contribution >= 4 is 17.5 Å². The van der Waals surface area contributed by atoms with Crippen LogP contribution in [0.2, 0.25) is 5.02 Å². The number of nitrogens with one attached hydrogen (secondary N) is 1. The molecule has 0 spiro atoms. The molecule has 0 bridgehead atoms. The van der Waals surface area contributed by atoms with Gasteiger partial charge in [-0.25, -0.2) is 0 Å². The number of amides is 1. The van der Waals surface area contributed by atoms with Crippen LogP contribution in [0.25, 0.3) is 0 Å². The van der Waals surface area contributed by atoms with Gasteiger partial charge in [0.2, 0.25) is 0 Å². The molecule has 2 N–H and O–H groups in total. The van der Waals surface area contributed by atoms with Crippen molar-refractivity contribution in [3.63, 3.8) is 0 Å². The van der Waals surface area contributed by atoms with Crippen molar-refractivity contribution in [2.45, 2.75) is 38.3 Å². The number of hydrogen-bond donors (Lipinski definition) is 2. The summed E-state index contributed by atoms with van der Waals surface area (Å²) >= 11 is 5.80. The number of aliphatic hydroxyl groups excluding tert-OH is 1. The van der Waals surface area contributed by atoms with Gasteiger partial charge in [0.15, 0.2) is 0 Å². The fourth-order valence-electron chi connectivity index (χ4n) is 2.30. The number of aromatic nitrogens is 1. The monoisotopic (exact) mass is 268 g/mol. The SMILES string of the molecule is CCC(NC(=O)c1cncc(Cl)c1)C1CC(O)C1. The Morgan fingerprint density at radius 2 is 2.33 bits per heavy atom. The lowest BCUT2D eigenvalue weighted by Gasteiger charge is -2.37. The lowest BCUT2D eigenvalue weighted by Crippen LogP contribution is -2.46. The van der Waals surface area contributed by atoms with Gasteiger partial charge in [0, 0.05) is 18.4 Å². The normalized spacial score (nSPS) is 24.2. The second-order valence-corrected chi connectivity index (χ2v) is 5.20. The van der Waals surface area contributed by atoms with Crippen molar-refractivity contribution in [1.82, 2.24) is 10.3 Å². The fraction of sp³-hybridized carbons (Fsp3) is 0.538. The molecule has 2 rings (SSSR count). The standard InChI is InChI=1S/C13H17ClN2O2/c1-2-12(8-4-11(17)5-8)16-13(18)9-3-10(14)7-15-6-9/h3,6-8,11-12,17H,2,4-5H2,1H3,(H,16,18). The van der Waals surface area contributed by atoms with Crippen LogP contribution in [-0.4, -0.2) is 28.1 Å². The van der Waals surface area contributed by atoms with Gasteiger partial charge in [-0.05, 0) is 31.2 Å². The van der Waals surface area contributed by atoms with E-state index in [-0.39, 0.29) is 18.1 Å². The van der Waals surface area contributed by atoms with Crippen molar-refractivity contribution in [2.24, 2.45) is 5.92 Å². The molecule has 1 aliphatic rings. The lowest BCUT2D eigenvalue weighted by molar-refractivity contribution is 0.0232. The third-order valence-corrected chi connectivity index (χ3v) is 3.65. The molecule has 0 aromatic carbocycles. The maximum atomic E-state index is 12.0. The predicted octanol–water partition coefficient (Wildman–Crippen LogP) is 2.01. The highest BCUT2D eigenvalue weighted by Gasteiger charge is 2.33. The summed E-state index contributed by atoms with van der Waals surface area (Å²) in [7, 11) is 0. The van der Waals surface area contributed by atoms with Crippen LogP contribution < -0.4 is 5.32 Å². The summed E-state index contributed by atoms with van der Waals surface area (Å²) in [6.45, 7) is 2.03. The van der Waals surface area contributed by atoms with Crippen molar-refractivity contribution in [3.05, 3.63) is 29.0 Å². The molecule has 5 heteroatoms. The van der Waals surface area contributed by atoms with Crippen molar-refractivity contribution in [3.8, 4) is 0 Å². The molecule has 1 saturated carbocycles. The van der Waals surface area contributed by atoms with Gasteiger partial charge in [-0.2, -0.15) is 0 Å². The summed E-state index contributed by atoms with van der Waals surface area (Å²) < 4.78 is 0. The zero-order chi connectivity index (χ0) is 13.1. The van der Waals surface area contributed by atoms with Crippen LogP contribution in [-0.2, 0) is 0 Å². The summed E-state index contributed by atoms with van der Waals surface area (Å²) in [6, 6.07) is 1.71. The number of rotatable bonds is 4. The van der Waals surface area contributed by atoms with E-state index in [1.807, 2.05) is 6.92 Å². The maximum Gasteiger partial charge on any atom is 0.253 e. The zero-order valence-electron chi connectivity index (χ0n) is 10.3. The number of carbonyl (C=O) groups excluding carboxylic acids is 1. The van der Waals surface area contributed by atoms with Crippen LogP contribution in [0.3, 0.4) is 0 Å². The fourth-order valence-corrected chi connectivity index (χ4v) is 2.47. The van der Waals surface area contributed by atoms with Gasteiger partial charge >= 0.3 is 0 Å². The second kappa shape index (κ2) is 5.67. The molecule has 1 aromatic heterocycles. The van der Waals surface area contributed by atoms with Crippen LogP contribution in [0.1, 0.15) is 36.5 Å². The van der Waals surface area contributed by atoms with Gasteiger partial charge < -0.3 is 10.4 Å². The average molecular weight is 269 g/mol. The van der Waals surface area contributed by atoms with E-state index in [1.54, 1.807) is 6.07 Å². The topological polar surface area (TPSA) is 62.2 Å². The molecule has 0 saturated heterocycles. The van der Waals surface area contributed by atoms with Gasteiger partial charge in [0.1, 0.15) is 0 Å². The Bertz CT molecular complexity index is 433. The van der Waals surface area contributed by atoms with Crippen LogP contribution in [0.15, 0.2) is 18.5 Å².